The molecule has 0 aliphatic carbocycles. The third-order valence-corrected chi connectivity index (χ3v) is 3.36. The first-order valence-corrected chi connectivity index (χ1v) is 6.10. The van der Waals surface area contributed by atoms with E-state index >= 15 is 0 Å². The molecule has 1 atom stereocenters. The van der Waals surface area contributed by atoms with Gasteiger partial charge in [0.05, 0.1) is 16.2 Å². The maximum atomic E-state index is 11.9. The Morgan fingerprint density at radius 3 is 2.63 bits per heavy atom. The zero-order valence-electron chi connectivity index (χ0n) is 10.8. The number of Topliss-reactive ketones (excluding diaryl/α,β-unsaturated/α-hetero) is 1. The van der Waals surface area contributed by atoms with Crippen LogP contribution < -0.4 is 4.90 Å². The minimum Gasteiger partial charge on any atom is -0.304 e. The van der Waals surface area contributed by atoms with Crippen molar-refractivity contribution in [1.82, 2.24) is 0 Å². The van der Waals surface area contributed by atoms with Crippen LogP contribution in [-0.2, 0) is 4.79 Å². The molecule has 0 fully saturated rings. The Bertz CT molecular complexity index is 568. The molecule has 6 nitrogen and oxygen atoms in total. The van der Waals surface area contributed by atoms with Gasteiger partial charge in [0, 0.05) is 18.7 Å². The Hall–Kier alpha value is -2.24. The van der Waals surface area contributed by atoms with Crippen LogP contribution in [0.25, 0.3) is 0 Å². The Morgan fingerprint density at radius 2 is 2.05 bits per heavy atom. The summed E-state index contributed by atoms with van der Waals surface area (Å²) in [6.45, 7) is 4.44. The van der Waals surface area contributed by atoms with Gasteiger partial charge in [-0.3, -0.25) is 19.7 Å². The Kier molecular flexibility index (Phi) is 3.33. The van der Waals surface area contributed by atoms with Gasteiger partial charge >= 0.3 is 0 Å². The van der Waals surface area contributed by atoms with Gasteiger partial charge in [-0.15, -0.1) is 0 Å². The van der Waals surface area contributed by atoms with Crippen LogP contribution in [0.5, 0.6) is 0 Å². The summed E-state index contributed by atoms with van der Waals surface area (Å²) in [6, 6.07) is 3.96. The van der Waals surface area contributed by atoms with E-state index in [9.17, 15) is 19.7 Å². The minimum absolute atomic E-state index is 0.127. The van der Waals surface area contributed by atoms with Crippen LogP contribution in [0.15, 0.2) is 18.2 Å². The molecule has 0 spiro atoms. The first-order valence-electron chi connectivity index (χ1n) is 6.10. The highest BCUT2D eigenvalue weighted by atomic mass is 16.6. The van der Waals surface area contributed by atoms with Crippen LogP contribution in [0, 0.1) is 16.0 Å². The van der Waals surface area contributed by atoms with Crippen LogP contribution in [0.1, 0.15) is 30.6 Å². The average Bonchev–Trinajstić information content (AvgIpc) is 2.63. The van der Waals surface area contributed by atoms with Crippen molar-refractivity contribution in [2.45, 2.75) is 20.3 Å². The van der Waals surface area contributed by atoms with Crippen molar-refractivity contribution < 1.29 is 14.5 Å². The quantitative estimate of drug-likeness (QED) is 0.473. The van der Waals surface area contributed by atoms with E-state index in [0.717, 1.165) is 6.42 Å². The fourth-order valence-electron chi connectivity index (χ4n) is 2.02. The predicted molar refractivity (Wildman–Crippen MR) is 69.2 cm³/mol. The van der Waals surface area contributed by atoms with Crippen LogP contribution in [0.2, 0.25) is 0 Å². The van der Waals surface area contributed by atoms with Crippen LogP contribution in [0.3, 0.4) is 0 Å². The normalized spacial score (nSPS) is 15.6. The second-order valence-corrected chi connectivity index (χ2v) is 4.72. The first kappa shape index (κ1) is 13.2. The number of non-ortho nitro benzene ring substituents is 1. The van der Waals surface area contributed by atoms with Crippen molar-refractivity contribution in [2.24, 2.45) is 5.92 Å². The molecule has 0 saturated heterocycles. The van der Waals surface area contributed by atoms with Gasteiger partial charge in [0.25, 0.3) is 17.4 Å². The summed E-state index contributed by atoms with van der Waals surface area (Å²) >= 11 is 0. The molecule has 1 aliphatic rings. The molecular weight excluding hydrogens is 248 g/mol. The molecule has 0 aromatic heterocycles. The lowest BCUT2D eigenvalue weighted by molar-refractivity contribution is -0.384. The minimum atomic E-state index is -0.665. The topological polar surface area (TPSA) is 80.5 Å². The number of carbonyl (C=O) groups excluding carboxylic acids is 2. The van der Waals surface area contributed by atoms with Gasteiger partial charge in [-0.05, 0) is 12.0 Å². The van der Waals surface area contributed by atoms with E-state index in [1.54, 1.807) is 0 Å². The largest absolute Gasteiger partial charge is 0.304 e. The number of ketones is 1. The molecule has 1 aliphatic heterocycles. The SMILES string of the molecule is CCC(C)CN1C(=O)C(=O)c2cc([N+](=O)[O-])ccc21. The smallest absolute Gasteiger partial charge is 0.299 e. The second-order valence-electron chi connectivity index (χ2n) is 4.72. The highest BCUT2D eigenvalue weighted by Crippen LogP contribution is 2.32. The number of benzene rings is 1. The Balaban J connectivity index is 2.41. The highest BCUT2D eigenvalue weighted by molar-refractivity contribution is 6.52. The van der Waals surface area contributed by atoms with Gasteiger partial charge < -0.3 is 4.90 Å². The molecular formula is C13H14N2O4. The number of hydrogen-bond donors (Lipinski definition) is 0. The van der Waals surface area contributed by atoms with Gasteiger partial charge in [0.15, 0.2) is 0 Å². The summed E-state index contributed by atoms with van der Waals surface area (Å²) < 4.78 is 0. The molecule has 0 bridgehead atoms. The molecule has 0 N–H and O–H groups in total. The third kappa shape index (κ3) is 2.21. The fraction of sp³-hybridized carbons (Fsp3) is 0.385. The number of anilines is 1. The monoisotopic (exact) mass is 262 g/mol. The molecule has 1 heterocycles. The van der Waals surface area contributed by atoms with E-state index in [0.29, 0.717) is 12.2 Å². The van der Waals surface area contributed by atoms with Crippen LogP contribution in [-0.4, -0.2) is 23.2 Å². The molecule has 1 amide bonds. The predicted octanol–water partition coefficient (Wildman–Crippen LogP) is 2.17. The van der Waals surface area contributed by atoms with E-state index in [1.807, 2.05) is 13.8 Å². The Morgan fingerprint density at radius 1 is 1.37 bits per heavy atom. The molecule has 6 heteroatoms. The van der Waals surface area contributed by atoms with Gasteiger partial charge in [-0.25, -0.2) is 0 Å². The molecule has 0 radical (unpaired) electrons. The molecule has 1 aromatic rings. The molecule has 100 valence electrons. The van der Waals surface area contributed by atoms with Crippen molar-refractivity contribution in [3.05, 3.63) is 33.9 Å². The van der Waals surface area contributed by atoms with E-state index in [-0.39, 0.29) is 17.2 Å². The number of fused-ring (bicyclic) bond motifs is 1. The first-order chi connectivity index (χ1) is 8.95. The lowest BCUT2D eigenvalue weighted by Crippen LogP contribution is -2.33. The van der Waals surface area contributed by atoms with E-state index < -0.39 is 16.6 Å². The average molecular weight is 262 g/mol. The summed E-state index contributed by atoms with van der Waals surface area (Å²) in [4.78, 5) is 35.3. The lowest BCUT2D eigenvalue weighted by atomic mass is 10.1. The van der Waals surface area contributed by atoms with E-state index in [1.165, 1.54) is 23.1 Å². The van der Waals surface area contributed by atoms with Crippen molar-refractivity contribution >= 4 is 23.1 Å². The Labute approximate surface area is 110 Å². The standard InChI is InChI=1S/C13H14N2O4/c1-3-8(2)7-14-11-5-4-9(15(18)19)6-10(11)12(16)13(14)17/h4-6,8H,3,7H2,1-2H3. The maximum Gasteiger partial charge on any atom is 0.299 e. The number of rotatable bonds is 4. The summed E-state index contributed by atoms with van der Waals surface area (Å²) in [6.07, 6.45) is 0.889. The summed E-state index contributed by atoms with van der Waals surface area (Å²) in [5.41, 5.74) is 0.425. The zero-order chi connectivity index (χ0) is 14.2. The number of hydrogen-bond acceptors (Lipinski definition) is 4. The van der Waals surface area contributed by atoms with E-state index in [2.05, 4.69) is 0 Å². The van der Waals surface area contributed by atoms with Crippen molar-refractivity contribution in [1.29, 1.82) is 0 Å². The van der Waals surface area contributed by atoms with Gasteiger partial charge in [-0.1, -0.05) is 20.3 Å². The van der Waals surface area contributed by atoms with Crippen molar-refractivity contribution in [3.8, 4) is 0 Å². The summed E-state index contributed by atoms with van der Waals surface area (Å²) in [7, 11) is 0. The van der Waals surface area contributed by atoms with E-state index in [4.69, 9.17) is 0 Å². The van der Waals surface area contributed by atoms with Gasteiger partial charge in [-0.2, -0.15) is 0 Å². The lowest BCUT2D eigenvalue weighted by Gasteiger charge is -2.20. The number of nitro benzene ring substituents is 1. The number of nitrogens with zero attached hydrogens (tertiary/aromatic N) is 2. The van der Waals surface area contributed by atoms with Crippen LogP contribution in [0.4, 0.5) is 11.4 Å². The van der Waals surface area contributed by atoms with Crippen molar-refractivity contribution in [3.63, 3.8) is 0 Å². The van der Waals surface area contributed by atoms with Gasteiger partial charge in [0.2, 0.25) is 0 Å². The third-order valence-electron chi connectivity index (χ3n) is 3.36. The molecule has 1 unspecified atom stereocenters. The zero-order valence-corrected chi connectivity index (χ0v) is 10.8. The molecule has 0 saturated carbocycles. The fourth-order valence-corrected chi connectivity index (χ4v) is 2.02. The van der Waals surface area contributed by atoms with Crippen molar-refractivity contribution in [2.75, 3.05) is 11.4 Å². The molecule has 1 aromatic carbocycles. The number of carbonyl (C=O) groups is 2. The second kappa shape index (κ2) is 4.79. The van der Waals surface area contributed by atoms with Gasteiger partial charge in [0.1, 0.15) is 0 Å². The number of amides is 1. The van der Waals surface area contributed by atoms with Crippen LogP contribution >= 0.6 is 0 Å². The summed E-state index contributed by atoms with van der Waals surface area (Å²) in [5, 5.41) is 10.7. The molecule has 19 heavy (non-hydrogen) atoms. The summed E-state index contributed by atoms with van der Waals surface area (Å²) in [5.74, 6) is -1.00. The maximum absolute atomic E-state index is 11.9. The number of nitro groups is 1. The molecule has 2 rings (SSSR count). The highest BCUT2D eigenvalue weighted by Gasteiger charge is 2.37.